The van der Waals surface area contributed by atoms with E-state index in [0.717, 1.165) is 17.4 Å². The van der Waals surface area contributed by atoms with Crippen LogP contribution < -0.4 is 9.47 Å². The first-order valence-corrected chi connectivity index (χ1v) is 15.4. The molecule has 31 heavy (non-hydrogen) atoms. The molecule has 2 aromatic carbocycles. The molecule has 1 aliphatic rings. The number of ether oxygens (including phenoxy) is 2. The summed E-state index contributed by atoms with van der Waals surface area (Å²) in [5.41, 5.74) is 4.99. The first kappa shape index (κ1) is 23.0. The summed E-state index contributed by atoms with van der Waals surface area (Å²) in [5.74, 6) is 4.97. The van der Waals surface area contributed by atoms with Crippen molar-refractivity contribution in [2.75, 3.05) is 20.4 Å². The van der Waals surface area contributed by atoms with E-state index in [2.05, 4.69) is 31.1 Å². The summed E-state index contributed by atoms with van der Waals surface area (Å²) in [7, 11) is -2.20. The fourth-order valence-corrected chi connectivity index (χ4v) is 4.63. The van der Waals surface area contributed by atoms with Gasteiger partial charge in [0.25, 0.3) is 0 Å². The molecule has 0 fully saturated rings. The second-order valence-corrected chi connectivity index (χ2v) is 15.6. The Morgan fingerprint density at radius 2 is 1.71 bits per heavy atom. The number of hydrogen-bond donors (Lipinski definition) is 0. The summed E-state index contributed by atoms with van der Waals surface area (Å²) in [5, 5.41) is 0. The van der Waals surface area contributed by atoms with E-state index in [1.165, 1.54) is 11.4 Å². The summed E-state index contributed by atoms with van der Waals surface area (Å²) in [6, 6.07) is 15.2. The van der Waals surface area contributed by atoms with Gasteiger partial charge in [0.15, 0.2) is 0 Å². The van der Waals surface area contributed by atoms with E-state index in [-0.39, 0.29) is 5.88 Å². The molecule has 1 aliphatic heterocycles. The number of nitrogens with zero attached hydrogens (tertiary/aromatic N) is 1. The minimum absolute atomic E-state index is 0.252. The van der Waals surface area contributed by atoms with Crippen molar-refractivity contribution in [2.24, 2.45) is 0 Å². The maximum absolute atomic E-state index is 12.5. The average Bonchev–Trinajstić information content (AvgIpc) is 2.70. The van der Waals surface area contributed by atoms with Crippen LogP contribution in [0.3, 0.4) is 0 Å². The first-order chi connectivity index (χ1) is 14.4. The van der Waals surface area contributed by atoms with Crippen molar-refractivity contribution in [3.8, 4) is 23.0 Å². The molecule has 7 heteroatoms. The molecular weight excluding hydrogens is 426 g/mol. The van der Waals surface area contributed by atoms with E-state index in [4.69, 9.17) is 9.47 Å². The Kier molecular flexibility index (Phi) is 6.00. The van der Waals surface area contributed by atoms with Crippen molar-refractivity contribution < 1.29 is 17.9 Å². The second-order valence-electron chi connectivity index (χ2n) is 8.84. The van der Waals surface area contributed by atoms with Crippen molar-refractivity contribution in [3.05, 3.63) is 65.5 Å². The lowest BCUT2D eigenvalue weighted by Crippen LogP contribution is -2.37. The molecule has 164 valence electrons. The molecule has 0 spiro atoms. The Hall–Kier alpha value is -2.69. The average molecular weight is 456 g/mol. The topological polar surface area (TPSA) is 55.8 Å². The van der Waals surface area contributed by atoms with Gasteiger partial charge < -0.3 is 9.47 Å². The molecule has 0 saturated heterocycles. The Morgan fingerprint density at radius 3 is 2.26 bits per heavy atom. The van der Waals surface area contributed by atoms with Gasteiger partial charge in [0.05, 0.1) is 24.3 Å². The minimum atomic E-state index is -3.58. The molecule has 0 saturated carbocycles. The highest BCUT2D eigenvalue weighted by Gasteiger charge is 2.44. The zero-order valence-electron chi connectivity index (χ0n) is 19.1. The van der Waals surface area contributed by atoms with Gasteiger partial charge in [-0.15, -0.1) is 5.54 Å². The van der Waals surface area contributed by atoms with Crippen LogP contribution in [0.2, 0.25) is 19.6 Å². The predicted octanol–water partition coefficient (Wildman–Crippen LogP) is 4.49. The van der Waals surface area contributed by atoms with Crippen LogP contribution in [-0.4, -0.2) is 41.2 Å². The number of methoxy groups -OCH3 is 1. The zero-order valence-corrected chi connectivity index (χ0v) is 20.9. The summed E-state index contributed by atoms with van der Waals surface area (Å²) in [6.07, 6.45) is 1.16. The number of allylic oxidation sites excluding steroid dienone is 1. The highest BCUT2D eigenvalue weighted by atomic mass is 32.2. The van der Waals surface area contributed by atoms with Crippen LogP contribution in [0.1, 0.15) is 18.1 Å². The SMILES string of the molecule is COc1cccc2c1C(C)(C#C[Si](C)(C)C)C(c1ccccc1)=C(N(C)S(C)(=O)=O)O2. The normalized spacial score (nSPS) is 18.4. The predicted molar refractivity (Wildman–Crippen MR) is 128 cm³/mol. The molecule has 0 aromatic heterocycles. The summed E-state index contributed by atoms with van der Waals surface area (Å²) in [6.45, 7) is 8.56. The molecule has 2 aromatic rings. The summed E-state index contributed by atoms with van der Waals surface area (Å²) >= 11 is 0. The fraction of sp³-hybridized carbons (Fsp3) is 0.333. The lowest BCUT2D eigenvalue weighted by Gasteiger charge is -2.39. The molecule has 0 aliphatic carbocycles. The van der Waals surface area contributed by atoms with Crippen molar-refractivity contribution >= 4 is 23.7 Å². The number of fused-ring (bicyclic) bond motifs is 1. The van der Waals surface area contributed by atoms with Gasteiger partial charge in [0.2, 0.25) is 15.9 Å². The Labute approximate surface area is 186 Å². The molecule has 3 rings (SSSR count). The van der Waals surface area contributed by atoms with Crippen LogP contribution >= 0.6 is 0 Å². The summed E-state index contributed by atoms with van der Waals surface area (Å²) in [4.78, 5) is 0. The molecule has 0 amide bonds. The van der Waals surface area contributed by atoms with Crippen molar-refractivity contribution in [3.63, 3.8) is 0 Å². The van der Waals surface area contributed by atoms with E-state index in [9.17, 15) is 8.42 Å². The molecule has 0 N–H and O–H groups in total. The molecule has 1 heterocycles. The van der Waals surface area contributed by atoms with Crippen LogP contribution in [0.25, 0.3) is 5.57 Å². The fourth-order valence-electron chi connectivity index (χ4n) is 3.58. The Morgan fingerprint density at radius 1 is 1.06 bits per heavy atom. The van der Waals surface area contributed by atoms with Crippen LogP contribution in [0.15, 0.2) is 54.4 Å². The van der Waals surface area contributed by atoms with Gasteiger partial charge in [0, 0.05) is 12.6 Å². The van der Waals surface area contributed by atoms with E-state index < -0.39 is 23.5 Å². The van der Waals surface area contributed by atoms with Crippen LogP contribution in [-0.2, 0) is 15.4 Å². The maximum Gasteiger partial charge on any atom is 0.234 e. The maximum atomic E-state index is 12.5. The third-order valence-corrected chi connectivity index (χ3v) is 7.20. The van der Waals surface area contributed by atoms with E-state index in [1.807, 2.05) is 55.5 Å². The standard InChI is InChI=1S/C24H29NO4SSi/c1-24(16-17-31(5,6)7)21(18-12-9-8-10-13-18)23(25(2)30(4,26)27)29-20-15-11-14-19(28-3)22(20)24/h8-15H,1-7H3. The second kappa shape index (κ2) is 8.10. The lowest BCUT2D eigenvalue weighted by molar-refractivity contribution is 0.302. The van der Waals surface area contributed by atoms with Gasteiger partial charge in [-0.3, -0.25) is 0 Å². The molecule has 0 bridgehead atoms. The van der Waals surface area contributed by atoms with Gasteiger partial charge >= 0.3 is 0 Å². The first-order valence-electron chi connectivity index (χ1n) is 10.0. The minimum Gasteiger partial charge on any atom is -0.496 e. The number of benzene rings is 2. The highest BCUT2D eigenvalue weighted by Crippen LogP contribution is 2.52. The highest BCUT2D eigenvalue weighted by molar-refractivity contribution is 7.88. The van der Waals surface area contributed by atoms with Gasteiger partial charge in [-0.2, -0.15) is 0 Å². The lowest BCUT2D eigenvalue weighted by atomic mass is 9.72. The van der Waals surface area contributed by atoms with Crippen LogP contribution in [0, 0.1) is 11.5 Å². The number of hydrogen-bond acceptors (Lipinski definition) is 4. The third kappa shape index (κ3) is 4.50. The van der Waals surface area contributed by atoms with E-state index >= 15 is 0 Å². The Balaban J connectivity index is 2.48. The molecule has 0 radical (unpaired) electrons. The largest absolute Gasteiger partial charge is 0.496 e. The third-order valence-electron chi connectivity index (χ3n) is 5.16. The number of sulfonamides is 1. The van der Waals surface area contributed by atoms with Crippen molar-refractivity contribution in [2.45, 2.75) is 32.0 Å². The summed E-state index contributed by atoms with van der Waals surface area (Å²) < 4.78 is 38.2. The molecular formula is C24H29NO4SSi. The van der Waals surface area contributed by atoms with Crippen molar-refractivity contribution in [1.82, 2.24) is 4.31 Å². The van der Waals surface area contributed by atoms with Gasteiger partial charge in [-0.05, 0) is 24.6 Å². The zero-order chi connectivity index (χ0) is 23.0. The quantitative estimate of drug-likeness (QED) is 0.504. The monoisotopic (exact) mass is 455 g/mol. The van der Waals surface area contributed by atoms with E-state index in [0.29, 0.717) is 17.1 Å². The molecule has 1 atom stereocenters. The van der Waals surface area contributed by atoms with Gasteiger partial charge in [-0.1, -0.05) is 62.0 Å². The Bertz CT molecular complexity index is 1190. The molecule has 1 unspecified atom stereocenters. The van der Waals surface area contributed by atoms with Gasteiger partial charge in [0.1, 0.15) is 19.6 Å². The van der Waals surface area contributed by atoms with Gasteiger partial charge in [-0.25, -0.2) is 12.7 Å². The van der Waals surface area contributed by atoms with E-state index in [1.54, 1.807) is 7.11 Å². The molecule has 5 nitrogen and oxygen atoms in total. The van der Waals surface area contributed by atoms with Crippen LogP contribution in [0.4, 0.5) is 0 Å². The van der Waals surface area contributed by atoms with Crippen LogP contribution in [0.5, 0.6) is 11.5 Å². The smallest absolute Gasteiger partial charge is 0.234 e. The number of rotatable bonds is 4. The van der Waals surface area contributed by atoms with Crippen molar-refractivity contribution in [1.29, 1.82) is 0 Å².